The molecule has 3 aromatic rings. The molecule has 0 radical (unpaired) electrons. The Bertz CT molecular complexity index is 1110. The van der Waals surface area contributed by atoms with Crippen LogP contribution in [-0.2, 0) is 10.0 Å². The van der Waals surface area contributed by atoms with Gasteiger partial charge in [-0.3, -0.25) is 9.52 Å². The van der Waals surface area contributed by atoms with Crippen molar-refractivity contribution in [3.05, 3.63) is 77.5 Å². The van der Waals surface area contributed by atoms with Crippen LogP contribution in [0.1, 0.15) is 28.4 Å². The van der Waals surface area contributed by atoms with Gasteiger partial charge in [0.05, 0.1) is 16.8 Å². The molecule has 0 aliphatic rings. The molecule has 0 spiro atoms. The lowest BCUT2D eigenvalue weighted by atomic mass is 10.1. The minimum absolute atomic E-state index is 0.00802. The maximum Gasteiger partial charge on any atom is 0.263 e. The van der Waals surface area contributed by atoms with E-state index in [9.17, 15) is 13.2 Å². The Kier molecular flexibility index (Phi) is 5.46. The van der Waals surface area contributed by atoms with Crippen molar-refractivity contribution in [3.8, 4) is 0 Å². The average molecular weight is 395 g/mol. The average Bonchev–Trinajstić information content (AvgIpc) is 2.63. The molecular weight excluding hydrogens is 374 g/mol. The third kappa shape index (κ3) is 4.55. The molecule has 0 saturated carbocycles. The predicted molar refractivity (Wildman–Crippen MR) is 111 cm³/mol. The molecule has 0 aliphatic carbocycles. The molecular formula is C21H21N3O3S. The maximum atomic E-state index is 12.6. The van der Waals surface area contributed by atoms with E-state index in [0.717, 1.165) is 11.3 Å². The number of ketones is 1. The monoisotopic (exact) mass is 395 g/mol. The van der Waals surface area contributed by atoms with Gasteiger partial charge in [-0.1, -0.05) is 17.7 Å². The van der Waals surface area contributed by atoms with Gasteiger partial charge >= 0.3 is 0 Å². The van der Waals surface area contributed by atoms with E-state index < -0.39 is 10.0 Å². The van der Waals surface area contributed by atoms with Crippen LogP contribution in [-0.4, -0.2) is 19.2 Å². The van der Waals surface area contributed by atoms with Crippen molar-refractivity contribution in [2.75, 3.05) is 10.0 Å². The second-order valence-electron chi connectivity index (χ2n) is 6.57. The highest BCUT2D eigenvalue weighted by molar-refractivity contribution is 7.92. The predicted octanol–water partition coefficient (Wildman–Crippen LogP) is 4.45. The molecule has 2 N–H and O–H groups in total. The number of nitrogens with one attached hydrogen (secondary N) is 2. The fourth-order valence-corrected chi connectivity index (χ4v) is 4.01. The molecule has 28 heavy (non-hydrogen) atoms. The summed E-state index contributed by atoms with van der Waals surface area (Å²) in [5, 5.41) is 3.16. The van der Waals surface area contributed by atoms with Gasteiger partial charge in [0.2, 0.25) is 0 Å². The lowest BCUT2D eigenvalue weighted by molar-refractivity contribution is 0.101. The van der Waals surface area contributed by atoms with Gasteiger partial charge in [0.25, 0.3) is 10.0 Å². The fourth-order valence-electron chi connectivity index (χ4n) is 2.78. The number of aryl methyl sites for hydroxylation is 2. The fraction of sp³-hybridized carbons (Fsp3) is 0.143. The highest BCUT2D eigenvalue weighted by atomic mass is 32.2. The largest absolute Gasteiger partial charge is 0.354 e. The second-order valence-corrected chi connectivity index (χ2v) is 8.22. The molecule has 6 nitrogen and oxygen atoms in total. The van der Waals surface area contributed by atoms with Gasteiger partial charge in [-0.15, -0.1) is 0 Å². The molecule has 0 unspecified atom stereocenters. The number of benzene rings is 2. The molecule has 7 heteroatoms. The summed E-state index contributed by atoms with van der Waals surface area (Å²) in [5.41, 5.74) is 3.82. The molecule has 1 aromatic heterocycles. The van der Waals surface area contributed by atoms with Crippen LogP contribution >= 0.6 is 0 Å². The standard InChI is InChI=1S/C21H21N3O3S/c1-14-4-10-20(15(2)12-14)28(26,27)24-21-11-9-19(13-22-21)23-18-7-5-17(6-8-18)16(3)25/h4-13,23H,1-3H3,(H,22,24). The first kappa shape index (κ1) is 19.6. The molecule has 0 aliphatic heterocycles. The molecule has 3 rings (SSSR count). The summed E-state index contributed by atoms with van der Waals surface area (Å²) >= 11 is 0. The van der Waals surface area contributed by atoms with Crippen LogP contribution in [0.4, 0.5) is 17.2 Å². The lowest BCUT2D eigenvalue weighted by Crippen LogP contribution is -2.15. The summed E-state index contributed by atoms with van der Waals surface area (Å²) in [4.78, 5) is 15.7. The van der Waals surface area contributed by atoms with Crippen LogP contribution in [0.2, 0.25) is 0 Å². The first-order chi connectivity index (χ1) is 13.2. The van der Waals surface area contributed by atoms with Crippen molar-refractivity contribution in [2.45, 2.75) is 25.7 Å². The molecule has 1 heterocycles. The van der Waals surface area contributed by atoms with E-state index in [1.165, 1.54) is 6.92 Å². The Morgan fingerprint density at radius 2 is 1.61 bits per heavy atom. The zero-order valence-corrected chi connectivity index (χ0v) is 16.7. The number of hydrogen-bond acceptors (Lipinski definition) is 5. The van der Waals surface area contributed by atoms with Crippen molar-refractivity contribution in [1.29, 1.82) is 0 Å². The van der Waals surface area contributed by atoms with Crippen molar-refractivity contribution >= 4 is 33.0 Å². The van der Waals surface area contributed by atoms with Crippen LogP contribution in [0.5, 0.6) is 0 Å². The molecule has 0 atom stereocenters. The molecule has 2 aromatic carbocycles. The maximum absolute atomic E-state index is 12.6. The number of hydrogen-bond donors (Lipinski definition) is 2. The zero-order chi connectivity index (χ0) is 20.3. The summed E-state index contributed by atoms with van der Waals surface area (Å²) in [6.45, 7) is 5.20. The minimum atomic E-state index is -3.71. The number of rotatable bonds is 6. The first-order valence-corrected chi connectivity index (χ1v) is 10.2. The highest BCUT2D eigenvalue weighted by Gasteiger charge is 2.17. The summed E-state index contributed by atoms with van der Waals surface area (Å²) in [6.07, 6.45) is 1.54. The van der Waals surface area contributed by atoms with Crippen molar-refractivity contribution < 1.29 is 13.2 Å². The number of carbonyl (C=O) groups is 1. The van der Waals surface area contributed by atoms with E-state index in [-0.39, 0.29) is 16.5 Å². The Labute approximate surface area is 164 Å². The molecule has 0 amide bonds. The molecule has 0 bridgehead atoms. The van der Waals surface area contributed by atoms with Gasteiger partial charge in [-0.25, -0.2) is 13.4 Å². The van der Waals surface area contributed by atoms with E-state index in [1.54, 1.807) is 61.7 Å². The quantitative estimate of drug-likeness (QED) is 0.602. The van der Waals surface area contributed by atoms with Crippen LogP contribution in [0, 0.1) is 13.8 Å². The van der Waals surface area contributed by atoms with Crippen LogP contribution < -0.4 is 10.0 Å². The number of carbonyl (C=O) groups excluding carboxylic acids is 1. The Hall–Kier alpha value is -3.19. The number of sulfonamides is 1. The molecule has 0 saturated heterocycles. The Morgan fingerprint density at radius 3 is 2.18 bits per heavy atom. The lowest BCUT2D eigenvalue weighted by Gasteiger charge is -2.11. The number of anilines is 3. The van der Waals surface area contributed by atoms with Crippen molar-refractivity contribution in [2.24, 2.45) is 0 Å². The SMILES string of the molecule is CC(=O)c1ccc(Nc2ccc(NS(=O)(=O)c3ccc(C)cc3C)nc2)cc1. The Morgan fingerprint density at radius 1 is 0.929 bits per heavy atom. The van der Waals surface area contributed by atoms with Gasteiger partial charge in [0.1, 0.15) is 5.82 Å². The van der Waals surface area contributed by atoms with Crippen LogP contribution in [0.25, 0.3) is 0 Å². The number of pyridine rings is 1. The zero-order valence-electron chi connectivity index (χ0n) is 15.9. The summed E-state index contributed by atoms with van der Waals surface area (Å²) in [6, 6.07) is 15.6. The van der Waals surface area contributed by atoms with E-state index >= 15 is 0 Å². The van der Waals surface area contributed by atoms with E-state index in [0.29, 0.717) is 16.8 Å². The minimum Gasteiger partial charge on any atom is -0.354 e. The van der Waals surface area contributed by atoms with Gasteiger partial charge in [0, 0.05) is 11.3 Å². The summed E-state index contributed by atoms with van der Waals surface area (Å²) < 4.78 is 27.7. The van der Waals surface area contributed by atoms with E-state index in [4.69, 9.17) is 0 Å². The number of aromatic nitrogens is 1. The second kappa shape index (κ2) is 7.82. The number of Topliss-reactive ketones (excluding diaryl/α,β-unsaturated/α-hetero) is 1. The highest BCUT2D eigenvalue weighted by Crippen LogP contribution is 2.21. The summed E-state index contributed by atoms with van der Waals surface area (Å²) in [5.74, 6) is 0.242. The van der Waals surface area contributed by atoms with Crippen molar-refractivity contribution in [1.82, 2.24) is 4.98 Å². The smallest absolute Gasteiger partial charge is 0.263 e. The van der Waals surface area contributed by atoms with Gasteiger partial charge in [-0.2, -0.15) is 0 Å². The van der Waals surface area contributed by atoms with Crippen molar-refractivity contribution in [3.63, 3.8) is 0 Å². The van der Waals surface area contributed by atoms with E-state index in [1.807, 2.05) is 13.0 Å². The third-order valence-electron chi connectivity index (χ3n) is 4.20. The third-order valence-corrected chi connectivity index (χ3v) is 5.72. The van der Waals surface area contributed by atoms with E-state index in [2.05, 4.69) is 15.0 Å². The molecule has 144 valence electrons. The first-order valence-electron chi connectivity index (χ1n) is 8.69. The van der Waals surface area contributed by atoms with Crippen LogP contribution in [0.15, 0.2) is 65.7 Å². The number of nitrogens with zero attached hydrogens (tertiary/aromatic N) is 1. The van der Waals surface area contributed by atoms with Gasteiger partial charge in [-0.05, 0) is 68.8 Å². The topological polar surface area (TPSA) is 88.2 Å². The van der Waals surface area contributed by atoms with Gasteiger partial charge in [0.15, 0.2) is 5.78 Å². The van der Waals surface area contributed by atoms with Gasteiger partial charge < -0.3 is 5.32 Å². The Balaban J connectivity index is 1.72. The summed E-state index contributed by atoms with van der Waals surface area (Å²) in [7, 11) is -3.71. The molecule has 0 fully saturated rings. The van der Waals surface area contributed by atoms with Crippen LogP contribution in [0.3, 0.4) is 0 Å². The normalized spacial score (nSPS) is 11.1.